The summed E-state index contributed by atoms with van der Waals surface area (Å²) in [6, 6.07) is 13.6. The molecule has 1 heterocycles. The first-order chi connectivity index (χ1) is 8.68. The van der Waals surface area contributed by atoms with Crippen LogP contribution in [0.25, 0.3) is 16.7 Å². The Kier molecular flexibility index (Phi) is 2.49. The molecule has 0 bridgehead atoms. The van der Waals surface area contributed by atoms with Crippen molar-refractivity contribution in [3.63, 3.8) is 0 Å². The summed E-state index contributed by atoms with van der Waals surface area (Å²) in [6.45, 7) is 2.02. The molecule has 0 spiro atoms. The predicted octanol–water partition coefficient (Wildman–Crippen LogP) is 3.57. The number of imidazole rings is 1. The summed E-state index contributed by atoms with van der Waals surface area (Å²) < 4.78 is 1.88. The monoisotopic (exact) mass is 257 g/mol. The summed E-state index contributed by atoms with van der Waals surface area (Å²) in [4.78, 5) is 4.41. The second-order valence-corrected chi connectivity index (χ2v) is 4.61. The Morgan fingerprint density at radius 3 is 2.67 bits per heavy atom. The van der Waals surface area contributed by atoms with Crippen LogP contribution in [0.15, 0.2) is 42.5 Å². The Morgan fingerprint density at radius 2 is 1.89 bits per heavy atom. The Bertz CT molecular complexity index is 731. The van der Waals surface area contributed by atoms with Gasteiger partial charge >= 0.3 is 0 Å². The molecule has 0 saturated heterocycles. The van der Waals surface area contributed by atoms with Crippen LogP contribution < -0.4 is 5.73 Å². The number of fused-ring (bicyclic) bond motifs is 1. The minimum atomic E-state index is 0.451. The van der Waals surface area contributed by atoms with Crippen molar-refractivity contribution in [2.75, 3.05) is 5.73 Å². The van der Waals surface area contributed by atoms with Gasteiger partial charge in [-0.2, -0.15) is 0 Å². The van der Waals surface area contributed by atoms with Gasteiger partial charge in [-0.15, -0.1) is 0 Å². The van der Waals surface area contributed by atoms with E-state index in [1.807, 2.05) is 54.0 Å². The molecular weight excluding hydrogens is 246 g/mol. The van der Waals surface area contributed by atoms with Crippen molar-refractivity contribution in [1.29, 1.82) is 0 Å². The van der Waals surface area contributed by atoms with E-state index in [0.717, 1.165) is 22.3 Å². The molecule has 3 aromatic rings. The Labute approximate surface area is 110 Å². The van der Waals surface area contributed by atoms with Gasteiger partial charge in [0.05, 0.1) is 21.7 Å². The van der Waals surface area contributed by atoms with Crippen molar-refractivity contribution in [3.05, 3.63) is 53.1 Å². The van der Waals surface area contributed by atoms with Crippen LogP contribution in [0.5, 0.6) is 0 Å². The van der Waals surface area contributed by atoms with Crippen molar-refractivity contribution >= 4 is 28.6 Å². The topological polar surface area (TPSA) is 43.8 Å². The quantitative estimate of drug-likeness (QED) is 0.724. The second-order valence-electron chi connectivity index (χ2n) is 4.20. The van der Waals surface area contributed by atoms with Gasteiger partial charge < -0.3 is 5.73 Å². The van der Waals surface area contributed by atoms with Gasteiger partial charge in [-0.05, 0) is 30.7 Å². The highest BCUT2D eigenvalue weighted by Crippen LogP contribution is 2.28. The number of hydrogen-bond acceptors (Lipinski definition) is 2. The lowest BCUT2D eigenvalue weighted by atomic mass is 10.2. The van der Waals surface area contributed by atoms with E-state index >= 15 is 0 Å². The van der Waals surface area contributed by atoms with E-state index in [-0.39, 0.29) is 0 Å². The van der Waals surface area contributed by atoms with Gasteiger partial charge in [-0.25, -0.2) is 4.98 Å². The predicted molar refractivity (Wildman–Crippen MR) is 75.2 cm³/mol. The summed E-state index contributed by atoms with van der Waals surface area (Å²) in [5.74, 6) is 0.451. The molecule has 0 fully saturated rings. The molecule has 0 amide bonds. The van der Waals surface area contributed by atoms with Gasteiger partial charge in [0.15, 0.2) is 0 Å². The maximum absolute atomic E-state index is 6.22. The summed E-state index contributed by atoms with van der Waals surface area (Å²) >= 11 is 6.22. The zero-order valence-electron chi connectivity index (χ0n) is 9.89. The van der Waals surface area contributed by atoms with Crippen molar-refractivity contribution in [1.82, 2.24) is 9.55 Å². The summed E-state index contributed by atoms with van der Waals surface area (Å²) in [6.07, 6.45) is 0. The first kappa shape index (κ1) is 11.1. The minimum absolute atomic E-state index is 0.451. The number of benzene rings is 2. The highest BCUT2D eigenvalue weighted by Gasteiger charge is 2.12. The number of nitrogen functional groups attached to an aromatic ring is 1. The van der Waals surface area contributed by atoms with Crippen LogP contribution >= 0.6 is 11.6 Å². The zero-order valence-corrected chi connectivity index (χ0v) is 10.6. The first-order valence-electron chi connectivity index (χ1n) is 5.67. The molecule has 3 rings (SSSR count). The number of anilines is 1. The number of aromatic nitrogens is 2. The Morgan fingerprint density at radius 1 is 1.11 bits per heavy atom. The molecule has 4 heteroatoms. The number of aryl methyl sites for hydroxylation is 1. The summed E-state index contributed by atoms with van der Waals surface area (Å²) in [7, 11) is 0. The number of hydrogen-bond donors (Lipinski definition) is 1. The number of nitrogens with two attached hydrogens (primary N) is 1. The third-order valence-corrected chi connectivity index (χ3v) is 3.33. The molecule has 18 heavy (non-hydrogen) atoms. The van der Waals surface area contributed by atoms with E-state index < -0.39 is 0 Å². The van der Waals surface area contributed by atoms with Gasteiger partial charge in [-0.3, -0.25) is 4.57 Å². The summed E-state index contributed by atoms with van der Waals surface area (Å²) in [5, 5.41) is 0.657. The fraction of sp³-hybridized carbons (Fsp3) is 0.0714. The third-order valence-electron chi connectivity index (χ3n) is 3.01. The largest absolute Gasteiger partial charge is 0.369 e. The molecule has 2 N–H and O–H groups in total. The van der Waals surface area contributed by atoms with Crippen LogP contribution in [0.1, 0.15) is 5.56 Å². The van der Waals surface area contributed by atoms with E-state index in [2.05, 4.69) is 4.98 Å². The summed E-state index contributed by atoms with van der Waals surface area (Å²) in [5.41, 5.74) is 9.85. The van der Waals surface area contributed by atoms with E-state index in [4.69, 9.17) is 17.3 Å². The number of para-hydroxylation sites is 2. The van der Waals surface area contributed by atoms with E-state index in [1.165, 1.54) is 0 Å². The van der Waals surface area contributed by atoms with Crippen LogP contribution in [-0.4, -0.2) is 9.55 Å². The van der Waals surface area contributed by atoms with Crippen LogP contribution in [-0.2, 0) is 0 Å². The molecule has 0 aliphatic rings. The first-order valence-corrected chi connectivity index (χ1v) is 6.05. The normalized spacial score (nSPS) is 11.0. The lowest BCUT2D eigenvalue weighted by molar-refractivity contribution is 1.11. The third kappa shape index (κ3) is 1.56. The molecule has 0 aliphatic carbocycles. The van der Waals surface area contributed by atoms with Crippen molar-refractivity contribution in [2.45, 2.75) is 6.92 Å². The fourth-order valence-corrected chi connectivity index (χ4v) is 2.36. The highest BCUT2D eigenvalue weighted by molar-refractivity contribution is 6.32. The molecule has 0 atom stereocenters. The van der Waals surface area contributed by atoms with Crippen molar-refractivity contribution in [2.24, 2.45) is 0 Å². The van der Waals surface area contributed by atoms with Crippen molar-refractivity contribution in [3.8, 4) is 5.69 Å². The second kappa shape index (κ2) is 4.03. The maximum atomic E-state index is 6.22. The maximum Gasteiger partial charge on any atom is 0.205 e. The fourth-order valence-electron chi connectivity index (χ4n) is 2.14. The average Bonchev–Trinajstić information content (AvgIpc) is 2.68. The highest BCUT2D eigenvalue weighted by atomic mass is 35.5. The van der Waals surface area contributed by atoms with E-state index in [9.17, 15) is 0 Å². The molecule has 2 aromatic carbocycles. The molecule has 0 saturated carbocycles. The zero-order chi connectivity index (χ0) is 12.7. The molecule has 0 unspecified atom stereocenters. The SMILES string of the molecule is Cc1cccc2c1nc(N)n2-c1ccccc1Cl. The van der Waals surface area contributed by atoms with Crippen LogP contribution in [0.3, 0.4) is 0 Å². The number of nitrogens with zero attached hydrogens (tertiary/aromatic N) is 2. The standard InChI is InChI=1S/C14H12ClN3/c1-9-5-4-8-12-13(9)17-14(16)18(12)11-7-3-2-6-10(11)15/h2-8H,1H3,(H2,16,17). The van der Waals surface area contributed by atoms with Gasteiger partial charge in [0, 0.05) is 0 Å². The molecule has 0 radical (unpaired) electrons. The molecule has 90 valence electrons. The Hall–Kier alpha value is -2.00. The average molecular weight is 258 g/mol. The molecular formula is C14H12ClN3. The number of halogens is 1. The van der Waals surface area contributed by atoms with E-state index in [0.29, 0.717) is 11.0 Å². The smallest absolute Gasteiger partial charge is 0.205 e. The lowest BCUT2D eigenvalue weighted by Gasteiger charge is -2.08. The number of rotatable bonds is 1. The van der Waals surface area contributed by atoms with Crippen LogP contribution in [0.2, 0.25) is 5.02 Å². The van der Waals surface area contributed by atoms with Crippen LogP contribution in [0.4, 0.5) is 5.95 Å². The van der Waals surface area contributed by atoms with Gasteiger partial charge in [0.2, 0.25) is 5.95 Å². The van der Waals surface area contributed by atoms with Crippen LogP contribution in [0, 0.1) is 6.92 Å². The van der Waals surface area contributed by atoms with Gasteiger partial charge in [-0.1, -0.05) is 35.9 Å². The van der Waals surface area contributed by atoms with E-state index in [1.54, 1.807) is 0 Å². The lowest BCUT2D eigenvalue weighted by Crippen LogP contribution is -2.00. The van der Waals surface area contributed by atoms with Crippen molar-refractivity contribution < 1.29 is 0 Å². The molecule has 0 aliphatic heterocycles. The molecule has 1 aromatic heterocycles. The van der Waals surface area contributed by atoms with Gasteiger partial charge in [0.1, 0.15) is 0 Å². The Balaban J connectivity index is 2.40. The minimum Gasteiger partial charge on any atom is -0.369 e. The van der Waals surface area contributed by atoms with Gasteiger partial charge in [0.25, 0.3) is 0 Å². The molecule has 3 nitrogen and oxygen atoms in total.